The highest BCUT2D eigenvalue weighted by molar-refractivity contribution is 5.40. The zero-order chi connectivity index (χ0) is 8.81. The van der Waals surface area contributed by atoms with E-state index < -0.39 is 6.23 Å². The number of rotatable bonds is 4. The van der Waals surface area contributed by atoms with Crippen molar-refractivity contribution in [3.05, 3.63) is 24.5 Å². The maximum Gasteiger partial charge on any atom is 0.122 e. The van der Waals surface area contributed by atoms with Gasteiger partial charge in [0, 0.05) is 18.1 Å². The van der Waals surface area contributed by atoms with Gasteiger partial charge in [0.15, 0.2) is 0 Å². The number of aromatic nitrogens is 1. The van der Waals surface area contributed by atoms with Gasteiger partial charge in [-0.1, -0.05) is 0 Å². The predicted molar refractivity (Wildman–Crippen MR) is 47.8 cm³/mol. The lowest BCUT2D eigenvalue weighted by atomic mass is 10.4. The third-order valence-electron chi connectivity index (χ3n) is 1.51. The van der Waals surface area contributed by atoms with Gasteiger partial charge in [0.25, 0.3) is 0 Å². The molecule has 0 fully saturated rings. The van der Waals surface area contributed by atoms with Gasteiger partial charge in [0.2, 0.25) is 0 Å². The van der Waals surface area contributed by atoms with E-state index in [4.69, 9.17) is 5.11 Å². The molecule has 0 radical (unpaired) electrons. The van der Waals surface area contributed by atoms with Crippen LogP contribution in [-0.4, -0.2) is 29.9 Å². The minimum Gasteiger partial charge on any atom is -0.381 e. The average Bonchev–Trinajstić information content (AvgIpc) is 2.16. The molecular formula is C8H13N3O. The maximum absolute atomic E-state index is 9.13. The van der Waals surface area contributed by atoms with Gasteiger partial charge in [-0.2, -0.15) is 0 Å². The number of aliphatic hydroxyl groups excluding tert-OH is 1. The quantitative estimate of drug-likeness (QED) is 0.554. The summed E-state index contributed by atoms with van der Waals surface area (Å²) in [6.45, 7) is 0.487. The first-order valence-corrected chi connectivity index (χ1v) is 3.82. The summed E-state index contributed by atoms with van der Waals surface area (Å²) >= 11 is 0. The molecule has 0 spiro atoms. The molecule has 4 nitrogen and oxygen atoms in total. The molecule has 4 heteroatoms. The number of hydrogen-bond donors (Lipinski definition) is 3. The fraction of sp³-hybridized carbons (Fsp3) is 0.375. The van der Waals surface area contributed by atoms with Crippen LogP contribution in [0, 0.1) is 0 Å². The van der Waals surface area contributed by atoms with Crippen molar-refractivity contribution in [1.29, 1.82) is 0 Å². The zero-order valence-electron chi connectivity index (χ0n) is 6.99. The number of hydrogen-bond acceptors (Lipinski definition) is 4. The molecule has 1 rings (SSSR count). The molecule has 1 atom stereocenters. The molecule has 0 aliphatic rings. The van der Waals surface area contributed by atoms with Crippen LogP contribution in [0.1, 0.15) is 0 Å². The fourth-order valence-electron chi connectivity index (χ4n) is 0.786. The van der Waals surface area contributed by atoms with Crippen molar-refractivity contribution >= 4 is 5.69 Å². The van der Waals surface area contributed by atoms with E-state index in [-0.39, 0.29) is 0 Å². The van der Waals surface area contributed by atoms with E-state index in [9.17, 15) is 0 Å². The Bertz CT molecular complexity index is 215. The highest BCUT2D eigenvalue weighted by Gasteiger charge is 1.97. The standard InChI is InChI=1S/C8H13N3O/c1-9-8(12)6-11-7-2-4-10-5-3-7/h2-5,8-9,12H,6H2,1H3,(H,10,11). The summed E-state index contributed by atoms with van der Waals surface area (Å²) in [5.41, 5.74) is 0.958. The molecule has 1 heterocycles. The van der Waals surface area contributed by atoms with Gasteiger partial charge < -0.3 is 10.4 Å². The highest BCUT2D eigenvalue weighted by Crippen LogP contribution is 2.01. The van der Waals surface area contributed by atoms with Crippen LogP contribution in [0.3, 0.4) is 0 Å². The lowest BCUT2D eigenvalue weighted by Crippen LogP contribution is -2.31. The molecule has 66 valence electrons. The molecule has 1 aromatic rings. The summed E-state index contributed by atoms with van der Waals surface area (Å²) in [6.07, 6.45) is 2.89. The Labute approximate surface area is 71.6 Å². The second-order valence-corrected chi connectivity index (χ2v) is 2.42. The fourth-order valence-corrected chi connectivity index (χ4v) is 0.786. The Morgan fingerprint density at radius 3 is 2.75 bits per heavy atom. The number of anilines is 1. The summed E-state index contributed by atoms with van der Waals surface area (Å²) in [7, 11) is 1.71. The molecule has 0 saturated carbocycles. The Kier molecular flexibility index (Phi) is 3.50. The Balaban J connectivity index is 2.33. The number of nitrogens with one attached hydrogen (secondary N) is 2. The van der Waals surface area contributed by atoms with E-state index in [1.807, 2.05) is 12.1 Å². The molecule has 0 aliphatic heterocycles. The molecule has 0 amide bonds. The molecule has 0 aliphatic carbocycles. The summed E-state index contributed by atoms with van der Waals surface area (Å²) in [4.78, 5) is 3.87. The van der Waals surface area contributed by atoms with Crippen molar-refractivity contribution in [1.82, 2.24) is 10.3 Å². The maximum atomic E-state index is 9.13. The first-order chi connectivity index (χ1) is 5.83. The van der Waals surface area contributed by atoms with E-state index in [0.29, 0.717) is 6.54 Å². The van der Waals surface area contributed by atoms with Gasteiger partial charge in [-0.25, -0.2) is 0 Å². The second kappa shape index (κ2) is 4.69. The molecule has 3 N–H and O–H groups in total. The number of pyridine rings is 1. The number of likely N-dealkylation sites (N-methyl/N-ethyl adjacent to an activating group) is 1. The first kappa shape index (κ1) is 8.96. The van der Waals surface area contributed by atoms with Crippen LogP contribution < -0.4 is 10.6 Å². The second-order valence-electron chi connectivity index (χ2n) is 2.42. The van der Waals surface area contributed by atoms with Crippen LogP contribution in [0.25, 0.3) is 0 Å². The lowest BCUT2D eigenvalue weighted by Gasteiger charge is -2.10. The van der Waals surface area contributed by atoms with Gasteiger partial charge in [-0.15, -0.1) is 0 Å². The topological polar surface area (TPSA) is 57.2 Å². The lowest BCUT2D eigenvalue weighted by molar-refractivity contribution is 0.160. The Morgan fingerprint density at radius 2 is 2.17 bits per heavy atom. The summed E-state index contributed by atoms with van der Waals surface area (Å²) in [6, 6.07) is 3.70. The molecule has 0 aromatic carbocycles. The predicted octanol–water partition coefficient (Wildman–Crippen LogP) is 0.0313. The van der Waals surface area contributed by atoms with Crippen molar-refractivity contribution in [3.63, 3.8) is 0 Å². The van der Waals surface area contributed by atoms with E-state index in [1.54, 1.807) is 19.4 Å². The summed E-state index contributed by atoms with van der Waals surface area (Å²) < 4.78 is 0. The molecule has 1 unspecified atom stereocenters. The number of aliphatic hydroxyl groups is 1. The smallest absolute Gasteiger partial charge is 0.122 e. The van der Waals surface area contributed by atoms with Crippen LogP contribution in [0.15, 0.2) is 24.5 Å². The van der Waals surface area contributed by atoms with Crippen molar-refractivity contribution in [2.45, 2.75) is 6.23 Å². The molecule has 0 saturated heterocycles. The minimum absolute atomic E-state index is 0.487. The summed E-state index contributed by atoms with van der Waals surface area (Å²) in [5.74, 6) is 0. The third kappa shape index (κ3) is 2.86. The van der Waals surface area contributed by atoms with Crippen molar-refractivity contribution < 1.29 is 5.11 Å². The Morgan fingerprint density at radius 1 is 1.50 bits per heavy atom. The van der Waals surface area contributed by atoms with Crippen LogP contribution >= 0.6 is 0 Å². The van der Waals surface area contributed by atoms with Gasteiger partial charge in [-0.05, 0) is 19.2 Å². The van der Waals surface area contributed by atoms with Crippen molar-refractivity contribution in [2.75, 3.05) is 18.9 Å². The van der Waals surface area contributed by atoms with Crippen LogP contribution in [0.4, 0.5) is 5.69 Å². The van der Waals surface area contributed by atoms with Crippen molar-refractivity contribution in [2.24, 2.45) is 0 Å². The average molecular weight is 167 g/mol. The SMILES string of the molecule is CNC(O)CNc1ccncc1. The first-order valence-electron chi connectivity index (χ1n) is 3.82. The number of nitrogens with zero attached hydrogens (tertiary/aromatic N) is 1. The van der Waals surface area contributed by atoms with Gasteiger partial charge in [0.1, 0.15) is 6.23 Å². The normalized spacial score (nSPS) is 12.5. The van der Waals surface area contributed by atoms with Crippen LogP contribution in [0.5, 0.6) is 0 Å². The third-order valence-corrected chi connectivity index (χ3v) is 1.51. The molecule has 1 aromatic heterocycles. The van der Waals surface area contributed by atoms with Crippen LogP contribution in [-0.2, 0) is 0 Å². The van der Waals surface area contributed by atoms with Gasteiger partial charge in [0.05, 0.1) is 6.54 Å². The van der Waals surface area contributed by atoms with E-state index in [2.05, 4.69) is 15.6 Å². The van der Waals surface area contributed by atoms with E-state index >= 15 is 0 Å². The molecule has 0 bridgehead atoms. The minimum atomic E-state index is -0.516. The summed E-state index contributed by atoms with van der Waals surface area (Å²) in [5, 5.41) is 14.9. The highest BCUT2D eigenvalue weighted by atomic mass is 16.3. The monoisotopic (exact) mass is 167 g/mol. The Hall–Kier alpha value is -1.13. The van der Waals surface area contributed by atoms with E-state index in [0.717, 1.165) is 5.69 Å². The molecular weight excluding hydrogens is 154 g/mol. The van der Waals surface area contributed by atoms with Gasteiger partial charge >= 0.3 is 0 Å². The zero-order valence-corrected chi connectivity index (χ0v) is 6.99. The van der Waals surface area contributed by atoms with Crippen molar-refractivity contribution in [3.8, 4) is 0 Å². The van der Waals surface area contributed by atoms with Gasteiger partial charge in [-0.3, -0.25) is 10.3 Å². The van der Waals surface area contributed by atoms with E-state index in [1.165, 1.54) is 0 Å². The molecule has 12 heavy (non-hydrogen) atoms. The van der Waals surface area contributed by atoms with Crippen LogP contribution in [0.2, 0.25) is 0 Å². The largest absolute Gasteiger partial charge is 0.381 e.